The molecule has 2 nitrogen and oxygen atoms in total. The van der Waals surface area contributed by atoms with Crippen LogP contribution in [0.4, 0.5) is 0 Å². The highest BCUT2D eigenvalue weighted by Crippen LogP contribution is 2.42. The van der Waals surface area contributed by atoms with Gasteiger partial charge in [0.15, 0.2) is 5.78 Å². The molecule has 0 radical (unpaired) electrons. The van der Waals surface area contributed by atoms with Crippen LogP contribution >= 0.6 is 0 Å². The predicted molar refractivity (Wildman–Crippen MR) is 47.0 cm³/mol. The highest BCUT2D eigenvalue weighted by Gasteiger charge is 2.41. The Morgan fingerprint density at radius 1 is 1.75 bits per heavy atom. The zero-order valence-electron chi connectivity index (χ0n) is 7.21. The summed E-state index contributed by atoms with van der Waals surface area (Å²) in [6.07, 6.45) is 4.03. The maximum Gasteiger partial charge on any atom is 0.182 e. The first-order valence-electron chi connectivity index (χ1n) is 4.50. The van der Waals surface area contributed by atoms with E-state index in [0.717, 1.165) is 18.5 Å². The largest absolute Gasteiger partial charge is 0.359 e. The van der Waals surface area contributed by atoms with Crippen molar-refractivity contribution in [1.82, 2.24) is 4.98 Å². The molecular weight excluding hydrogens is 150 g/mol. The van der Waals surface area contributed by atoms with Crippen LogP contribution in [0.3, 0.4) is 0 Å². The fraction of sp³-hybridized carbons (Fsp3) is 0.500. The highest BCUT2D eigenvalue weighted by atomic mass is 16.1. The third-order valence-electron chi connectivity index (χ3n) is 2.65. The van der Waals surface area contributed by atoms with Gasteiger partial charge in [0, 0.05) is 12.1 Å². The molecule has 1 N–H and O–H groups in total. The molecule has 64 valence electrons. The zero-order chi connectivity index (χ0) is 8.55. The van der Waals surface area contributed by atoms with Crippen LogP contribution < -0.4 is 0 Å². The summed E-state index contributed by atoms with van der Waals surface area (Å²) in [5.41, 5.74) is 0.774. The average Bonchev–Trinajstić information content (AvgIpc) is 2.68. The monoisotopic (exact) mass is 163 g/mol. The standard InChI is InChI=1S/C10H13NO/c1-2-7-6-8(7)10(12)9-4-3-5-11-9/h3-5,7-8,11H,2,6H2,1H3/t7-,8-/m1/s1. The topological polar surface area (TPSA) is 32.9 Å². The molecule has 0 unspecified atom stereocenters. The molecule has 0 aromatic carbocycles. The second kappa shape index (κ2) is 2.77. The van der Waals surface area contributed by atoms with Crippen molar-refractivity contribution in [1.29, 1.82) is 0 Å². The fourth-order valence-electron chi connectivity index (χ4n) is 1.70. The van der Waals surface area contributed by atoms with E-state index in [1.807, 2.05) is 12.1 Å². The van der Waals surface area contributed by atoms with Crippen LogP contribution in [0.2, 0.25) is 0 Å². The molecule has 0 saturated heterocycles. The molecule has 2 heteroatoms. The summed E-state index contributed by atoms with van der Waals surface area (Å²) >= 11 is 0. The van der Waals surface area contributed by atoms with E-state index in [1.165, 1.54) is 0 Å². The zero-order valence-corrected chi connectivity index (χ0v) is 7.21. The maximum absolute atomic E-state index is 11.6. The third kappa shape index (κ3) is 1.17. The molecule has 2 atom stereocenters. The Morgan fingerprint density at radius 3 is 3.08 bits per heavy atom. The molecule has 1 aliphatic rings. The van der Waals surface area contributed by atoms with Crippen molar-refractivity contribution >= 4 is 5.78 Å². The summed E-state index contributed by atoms with van der Waals surface area (Å²) in [5.74, 6) is 1.27. The Kier molecular flexibility index (Phi) is 1.75. The Bertz CT molecular complexity index is 276. The van der Waals surface area contributed by atoms with Crippen LogP contribution in [-0.2, 0) is 0 Å². The Morgan fingerprint density at radius 2 is 2.58 bits per heavy atom. The van der Waals surface area contributed by atoms with E-state index in [4.69, 9.17) is 0 Å². The number of aromatic amines is 1. The summed E-state index contributed by atoms with van der Waals surface area (Å²) in [6.45, 7) is 2.15. The number of ketones is 1. The van der Waals surface area contributed by atoms with Crippen LogP contribution in [0.1, 0.15) is 30.3 Å². The van der Waals surface area contributed by atoms with E-state index in [0.29, 0.717) is 17.6 Å². The van der Waals surface area contributed by atoms with Gasteiger partial charge in [-0.1, -0.05) is 13.3 Å². The summed E-state index contributed by atoms with van der Waals surface area (Å²) in [4.78, 5) is 14.6. The number of nitrogens with one attached hydrogen (secondary N) is 1. The molecule has 12 heavy (non-hydrogen) atoms. The normalized spacial score (nSPS) is 27.1. The van der Waals surface area contributed by atoms with Crippen molar-refractivity contribution in [2.45, 2.75) is 19.8 Å². The minimum Gasteiger partial charge on any atom is -0.359 e. The first-order valence-corrected chi connectivity index (χ1v) is 4.50. The number of Topliss-reactive ketones (excluding diaryl/α,β-unsaturated/α-hetero) is 1. The highest BCUT2D eigenvalue weighted by molar-refractivity contribution is 5.98. The van der Waals surface area contributed by atoms with Gasteiger partial charge in [-0.2, -0.15) is 0 Å². The van der Waals surface area contributed by atoms with E-state index in [1.54, 1.807) is 6.20 Å². The smallest absolute Gasteiger partial charge is 0.182 e. The predicted octanol–water partition coefficient (Wildman–Crippen LogP) is 2.24. The van der Waals surface area contributed by atoms with E-state index in [-0.39, 0.29) is 0 Å². The van der Waals surface area contributed by atoms with Crippen molar-refractivity contribution < 1.29 is 4.79 Å². The van der Waals surface area contributed by atoms with Gasteiger partial charge in [-0.15, -0.1) is 0 Å². The van der Waals surface area contributed by atoms with Gasteiger partial charge in [0.1, 0.15) is 0 Å². The van der Waals surface area contributed by atoms with E-state index in [2.05, 4.69) is 11.9 Å². The van der Waals surface area contributed by atoms with Gasteiger partial charge in [0.2, 0.25) is 0 Å². The molecule has 0 amide bonds. The molecule has 1 aromatic heterocycles. The Hall–Kier alpha value is -1.05. The SMILES string of the molecule is CC[C@@H]1C[C@H]1C(=O)c1ccc[nH]1. The van der Waals surface area contributed by atoms with Crippen molar-refractivity contribution in [3.63, 3.8) is 0 Å². The molecule has 2 rings (SSSR count). The van der Waals surface area contributed by atoms with Gasteiger partial charge in [-0.25, -0.2) is 0 Å². The first kappa shape index (κ1) is 7.59. The number of hydrogen-bond donors (Lipinski definition) is 1. The first-order chi connectivity index (χ1) is 5.83. The summed E-state index contributed by atoms with van der Waals surface area (Å²) in [7, 11) is 0. The summed E-state index contributed by atoms with van der Waals surface area (Å²) in [6, 6.07) is 3.73. The minimum absolute atomic E-state index is 0.298. The molecule has 1 fully saturated rings. The lowest BCUT2D eigenvalue weighted by atomic mass is 10.1. The second-order valence-corrected chi connectivity index (χ2v) is 3.46. The number of carbonyl (C=O) groups excluding carboxylic acids is 1. The second-order valence-electron chi connectivity index (χ2n) is 3.46. The Balaban J connectivity index is 2.04. The van der Waals surface area contributed by atoms with Crippen molar-refractivity contribution in [2.75, 3.05) is 0 Å². The molecule has 1 saturated carbocycles. The molecule has 0 aliphatic heterocycles. The molecule has 0 bridgehead atoms. The van der Waals surface area contributed by atoms with Crippen LogP contribution in [0.5, 0.6) is 0 Å². The van der Waals surface area contributed by atoms with Gasteiger partial charge in [-0.05, 0) is 24.5 Å². The third-order valence-corrected chi connectivity index (χ3v) is 2.65. The van der Waals surface area contributed by atoms with Crippen LogP contribution in [0.15, 0.2) is 18.3 Å². The number of hydrogen-bond acceptors (Lipinski definition) is 1. The van der Waals surface area contributed by atoms with E-state index < -0.39 is 0 Å². The average molecular weight is 163 g/mol. The van der Waals surface area contributed by atoms with Crippen molar-refractivity contribution in [2.24, 2.45) is 11.8 Å². The van der Waals surface area contributed by atoms with Crippen molar-refractivity contribution in [3.05, 3.63) is 24.0 Å². The van der Waals surface area contributed by atoms with Crippen LogP contribution in [0, 0.1) is 11.8 Å². The van der Waals surface area contributed by atoms with Gasteiger partial charge >= 0.3 is 0 Å². The van der Waals surface area contributed by atoms with Gasteiger partial charge in [0.05, 0.1) is 5.69 Å². The lowest BCUT2D eigenvalue weighted by Crippen LogP contribution is -2.03. The van der Waals surface area contributed by atoms with E-state index >= 15 is 0 Å². The lowest BCUT2D eigenvalue weighted by molar-refractivity contribution is 0.0956. The summed E-state index contributed by atoms with van der Waals surface area (Å²) in [5, 5.41) is 0. The number of aromatic nitrogens is 1. The van der Waals surface area contributed by atoms with Gasteiger partial charge < -0.3 is 4.98 Å². The summed E-state index contributed by atoms with van der Waals surface area (Å²) < 4.78 is 0. The van der Waals surface area contributed by atoms with Crippen LogP contribution in [0.25, 0.3) is 0 Å². The van der Waals surface area contributed by atoms with Crippen molar-refractivity contribution in [3.8, 4) is 0 Å². The molecule has 1 aliphatic carbocycles. The van der Waals surface area contributed by atoms with Gasteiger partial charge in [-0.3, -0.25) is 4.79 Å². The quantitative estimate of drug-likeness (QED) is 0.681. The number of rotatable bonds is 3. The van der Waals surface area contributed by atoms with E-state index in [9.17, 15) is 4.79 Å². The molecular formula is C10H13NO. The fourth-order valence-corrected chi connectivity index (χ4v) is 1.70. The maximum atomic E-state index is 11.6. The minimum atomic E-state index is 0.298. The Labute approximate surface area is 72.0 Å². The lowest BCUT2D eigenvalue weighted by Gasteiger charge is -1.94. The number of carbonyl (C=O) groups is 1. The van der Waals surface area contributed by atoms with Gasteiger partial charge in [0.25, 0.3) is 0 Å². The number of H-pyrrole nitrogens is 1. The molecule has 0 spiro atoms. The van der Waals surface area contributed by atoms with Crippen LogP contribution in [-0.4, -0.2) is 10.8 Å². The molecule has 1 heterocycles. The molecule has 1 aromatic rings.